The van der Waals surface area contributed by atoms with Crippen molar-refractivity contribution in [1.29, 1.82) is 0 Å². The first-order valence-electron chi connectivity index (χ1n) is 9.27. The van der Waals surface area contributed by atoms with Crippen LogP contribution in [0.25, 0.3) is 17.0 Å². The number of non-ortho nitro benzene ring substituents is 1. The highest BCUT2D eigenvalue weighted by Gasteiger charge is 2.19. The molecule has 0 aliphatic rings. The number of nitrogens with one attached hydrogen (secondary N) is 1. The minimum atomic E-state index is -0.450. The third-order valence-electron chi connectivity index (χ3n) is 4.91. The van der Waals surface area contributed by atoms with Crippen LogP contribution in [0.2, 0.25) is 0 Å². The highest BCUT2D eigenvalue weighted by Crippen LogP contribution is 2.28. The van der Waals surface area contributed by atoms with E-state index in [9.17, 15) is 14.9 Å². The van der Waals surface area contributed by atoms with Gasteiger partial charge in [0, 0.05) is 48.9 Å². The van der Waals surface area contributed by atoms with E-state index in [1.807, 2.05) is 33.3 Å². The summed E-state index contributed by atoms with van der Waals surface area (Å²) >= 11 is 0. The Labute approximate surface area is 169 Å². The topological polar surface area (TPSA) is 80.4 Å². The van der Waals surface area contributed by atoms with E-state index in [4.69, 9.17) is 0 Å². The Morgan fingerprint density at radius 1 is 1.21 bits per heavy atom. The zero-order chi connectivity index (χ0) is 21.0. The molecule has 2 aromatic carbocycles. The van der Waals surface area contributed by atoms with Gasteiger partial charge in [0.15, 0.2) is 0 Å². The molecule has 0 saturated heterocycles. The summed E-state index contributed by atoms with van der Waals surface area (Å²) in [6.45, 7) is 0.463. The average molecular weight is 392 g/mol. The van der Waals surface area contributed by atoms with Gasteiger partial charge >= 0.3 is 0 Å². The predicted octanol–water partition coefficient (Wildman–Crippen LogP) is 3.52. The summed E-state index contributed by atoms with van der Waals surface area (Å²) in [7, 11) is 6.00. The Kier molecular flexibility index (Phi) is 6.09. The van der Waals surface area contributed by atoms with E-state index < -0.39 is 4.92 Å². The Balaban J connectivity index is 1.68. The second-order valence-corrected chi connectivity index (χ2v) is 7.12. The van der Waals surface area contributed by atoms with Crippen molar-refractivity contribution in [2.24, 2.45) is 7.05 Å². The first-order valence-corrected chi connectivity index (χ1v) is 9.27. The number of aromatic nitrogens is 1. The van der Waals surface area contributed by atoms with Crippen LogP contribution in [-0.4, -0.2) is 40.9 Å². The van der Waals surface area contributed by atoms with E-state index in [1.54, 1.807) is 18.2 Å². The number of likely N-dealkylation sites (N-methyl/N-ethyl adjacent to an activating group) is 1. The van der Waals surface area contributed by atoms with Crippen LogP contribution in [0.15, 0.2) is 60.8 Å². The molecule has 7 heteroatoms. The Hall–Kier alpha value is -3.45. The lowest BCUT2D eigenvalue weighted by Gasteiger charge is -2.24. The molecule has 0 saturated carbocycles. The largest absolute Gasteiger partial charge is 0.351 e. The fourth-order valence-electron chi connectivity index (χ4n) is 3.34. The molecule has 0 spiro atoms. The summed E-state index contributed by atoms with van der Waals surface area (Å²) in [4.78, 5) is 24.6. The lowest BCUT2D eigenvalue weighted by Crippen LogP contribution is -2.33. The van der Waals surface area contributed by atoms with Crippen LogP contribution in [0, 0.1) is 10.1 Å². The molecular weight excluding hydrogens is 368 g/mol. The molecule has 0 radical (unpaired) electrons. The van der Waals surface area contributed by atoms with Crippen LogP contribution in [0.1, 0.15) is 17.2 Å². The third-order valence-corrected chi connectivity index (χ3v) is 4.91. The SMILES string of the molecule is CN(C)C(CNC(=O)C=Cc1ccc([N+](=O)[O-])cc1)c1cn(C)c2ccccc12. The summed E-state index contributed by atoms with van der Waals surface area (Å²) < 4.78 is 2.09. The molecule has 1 aromatic heterocycles. The molecule has 1 atom stereocenters. The number of carbonyl (C=O) groups excluding carboxylic acids is 1. The van der Waals surface area contributed by atoms with Crippen molar-refractivity contribution in [3.05, 3.63) is 82.0 Å². The monoisotopic (exact) mass is 392 g/mol. The van der Waals surface area contributed by atoms with Crippen molar-refractivity contribution in [1.82, 2.24) is 14.8 Å². The predicted molar refractivity (Wildman–Crippen MR) is 114 cm³/mol. The van der Waals surface area contributed by atoms with Crippen molar-refractivity contribution in [2.45, 2.75) is 6.04 Å². The fourth-order valence-corrected chi connectivity index (χ4v) is 3.34. The van der Waals surface area contributed by atoms with Crippen molar-refractivity contribution < 1.29 is 9.72 Å². The molecule has 0 bridgehead atoms. The maximum Gasteiger partial charge on any atom is 0.269 e. The van der Waals surface area contributed by atoms with Crippen molar-refractivity contribution in [2.75, 3.05) is 20.6 Å². The van der Waals surface area contributed by atoms with Gasteiger partial charge in [-0.2, -0.15) is 0 Å². The Bertz CT molecular complexity index is 1050. The molecule has 29 heavy (non-hydrogen) atoms. The van der Waals surface area contributed by atoms with Gasteiger partial charge in [-0.25, -0.2) is 0 Å². The highest BCUT2D eigenvalue weighted by molar-refractivity contribution is 5.92. The Morgan fingerprint density at radius 2 is 1.90 bits per heavy atom. The summed E-state index contributed by atoms with van der Waals surface area (Å²) in [6, 6.07) is 14.3. The molecule has 1 heterocycles. The highest BCUT2D eigenvalue weighted by atomic mass is 16.6. The van der Waals surface area contributed by atoms with Crippen LogP contribution >= 0.6 is 0 Å². The van der Waals surface area contributed by atoms with E-state index in [-0.39, 0.29) is 17.6 Å². The number of hydrogen-bond donors (Lipinski definition) is 1. The van der Waals surface area contributed by atoms with Gasteiger partial charge < -0.3 is 14.8 Å². The second-order valence-electron chi connectivity index (χ2n) is 7.12. The number of rotatable bonds is 7. The van der Waals surface area contributed by atoms with E-state index in [0.717, 1.165) is 16.6 Å². The molecule has 7 nitrogen and oxygen atoms in total. The molecule has 0 aliphatic carbocycles. The summed E-state index contributed by atoms with van der Waals surface area (Å²) in [5.74, 6) is -0.213. The normalized spacial score (nSPS) is 12.6. The van der Waals surface area contributed by atoms with Gasteiger partial charge in [-0.15, -0.1) is 0 Å². The van der Waals surface area contributed by atoms with Crippen LogP contribution in [0.5, 0.6) is 0 Å². The van der Waals surface area contributed by atoms with Crippen LogP contribution in [-0.2, 0) is 11.8 Å². The smallest absolute Gasteiger partial charge is 0.269 e. The number of amides is 1. The van der Waals surface area contributed by atoms with Gasteiger partial charge in [0.05, 0.1) is 11.0 Å². The van der Waals surface area contributed by atoms with Gasteiger partial charge in [0.25, 0.3) is 5.69 Å². The first kappa shape index (κ1) is 20.3. The number of nitro benzene ring substituents is 1. The Morgan fingerprint density at radius 3 is 2.55 bits per heavy atom. The standard InChI is InChI=1S/C22H24N4O3/c1-24(2)21(19-15-25(3)20-7-5-4-6-18(19)20)14-23-22(27)13-10-16-8-11-17(12-9-16)26(28)29/h4-13,15,21H,14H2,1-3H3,(H,23,27). The maximum absolute atomic E-state index is 12.3. The van der Waals surface area contributed by atoms with E-state index in [0.29, 0.717) is 6.54 Å². The zero-order valence-electron chi connectivity index (χ0n) is 16.7. The number of hydrogen-bond acceptors (Lipinski definition) is 4. The molecule has 1 amide bonds. The molecular formula is C22H24N4O3. The number of benzene rings is 2. The molecule has 3 aromatic rings. The van der Waals surface area contributed by atoms with Gasteiger partial charge in [-0.1, -0.05) is 18.2 Å². The molecule has 0 aliphatic heterocycles. The van der Waals surface area contributed by atoms with Crippen molar-refractivity contribution in [3.8, 4) is 0 Å². The lowest BCUT2D eigenvalue weighted by atomic mass is 10.0. The molecule has 1 unspecified atom stereocenters. The summed E-state index contributed by atoms with van der Waals surface area (Å²) in [5, 5.41) is 14.8. The number of nitro groups is 1. The number of para-hydroxylation sites is 1. The average Bonchev–Trinajstić information content (AvgIpc) is 3.03. The summed E-state index contributed by atoms with van der Waals surface area (Å²) in [6.07, 6.45) is 5.19. The van der Waals surface area contributed by atoms with Crippen LogP contribution < -0.4 is 5.32 Å². The second kappa shape index (κ2) is 8.70. The van der Waals surface area contributed by atoms with Crippen molar-refractivity contribution in [3.63, 3.8) is 0 Å². The van der Waals surface area contributed by atoms with Crippen LogP contribution in [0.3, 0.4) is 0 Å². The molecule has 1 N–H and O–H groups in total. The quantitative estimate of drug-likeness (QED) is 0.379. The molecule has 0 fully saturated rings. The van der Waals surface area contributed by atoms with Gasteiger partial charge in [0.1, 0.15) is 0 Å². The number of carbonyl (C=O) groups is 1. The molecule has 150 valence electrons. The number of nitrogens with zero attached hydrogens (tertiary/aromatic N) is 3. The third kappa shape index (κ3) is 4.70. The fraction of sp³-hybridized carbons (Fsp3) is 0.227. The first-order chi connectivity index (χ1) is 13.9. The van der Waals surface area contributed by atoms with E-state index in [1.165, 1.54) is 23.6 Å². The van der Waals surface area contributed by atoms with Crippen LogP contribution in [0.4, 0.5) is 5.69 Å². The maximum atomic E-state index is 12.3. The lowest BCUT2D eigenvalue weighted by molar-refractivity contribution is -0.384. The molecule has 3 rings (SSSR count). The zero-order valence-corrected chi connectivity index (χ0v) is 16.7. The summed E-state index contributed by atoms with van der Waals surface area (Å²) in [5.41, 5.74) is 3.06. The minimum Gasteiger partial charge on any atom is -0.351 e. The van der Waals surface area contributed by atoms with Gasteiger partial charge in [-0.3, -0.25) is 14.9 Å². The van der Waals surface area contributed by atoms with Gasteiger partial charge in [-0.05, 0) is 49.5 Å². The van der Waals surface area contributed by atoms with E-state index >= 15 is 0 Å². The number of fused-ring (bicyclic) bond motifs is 1. The van der Waals surface area contributed by atoms with E-state index in [2.05, 4.69) is 33.1 Å². The number of aryl methyl sites for hydroxylation is 1. The van der Waals surface area contributed by atoms with Gasteiger partial charge in [0.2, 0.25) is 5.91 Å². The van der Waals surface area contributed by atoms with Crippen molar-refractivity contribution >= 4 is 28.6 Å². The minimum absolute atomic E-state index is 0.0236.